The molecule has 3 aromatic heterocycles. The SMILES string of the molecule is CC(Nc1ncc(C#N)c(-c2c[nH]c3ncc(C(F)(F)F)cc23)n1)C1CCC(NS(C)(=O)=O)CC1. The van der Waals surface area contributed by atoms with E-state index >= 15 is 0 Å². The van der Waals surface area contributed by atoms with Crippen molar-refractivity contribution in [3.8, 4) is 17.3 Å². The number of nitrogens with zero attached hydrogens (tertiary/aromatic N) is 4. The van der Waals surface area contributed by atoms with E-state index in [9.17, 15) is 26.9 Å². The van der Waals surface area contributed by atoms with Crippen LogP contribution in [0.4, 0.5) is 19.1 Å². The number of halogens is 3. The molecule has 0 spiro atoms. The van der Waals surface area contributed by atoms with Crippen molar-refractivity contribution in [1.82, 2.24) is 24.7 Å². The zero-order valence-electron chi connectivity index (χ0n) is 19.0. The number of nitriles is 1. The Morgan fingerprint density at radius 1 is 1.20 bits per heavy atom. The number of hydrogen-bond donors (Lipinski definition) is 3. The van der Waals surface area contributed by atoms with E-state index in [0.717, 1.165) is 31.4 Å². The minimum Gasteiger partial charge on any atom is -0.351 e. The first-order chi connectivity index (χ1) is 16.4. The van der Waals surface area contributed by atoms with Gasteiger partial charge in [-0.2, -0.15) is 18.4 Å². The highest BCUT2D eigenvalue weighted by atomic mass is 32.2. The van der Waals surface area contributed by atoms with Gasteiger partial charge in [-0.15, -0.1) is 0 Å². The first-order valence-corrected chi connectivity index (χ1v) is 12.9. The lowest BCUT2D eigenvalue weighted by Crippen LogP contribution is -2.39. The van der Waals surface area contributed by atoms with E-state index in [1.54, 1.807) is 0 Å². The van der Waals surface area contributed by atoms with Crippen LogP contribution in [0.15, 0.2) is 24.7 Å². The molecule has 35 heavy (non-hydrogen) atoms. The number of sulfonamides is 1. The Bertz CT molecular complexity index is 1370. The number of fused-ring (bicyclic) bond motifs is 1. The number of anilines is 1. The van der Waals surface area contributed by atoms with Gasteiger partial charge in [0.25, 0.3) is 0 Å². The van der Waals surface area contributed by atoms with Gasteiger partial charge in [0.1, 0.15) is 11.7 Å². The molecule has 4 rings (SSSR count). The van der Waals surface area contributed by atoms with Gasteiger partial charge in [-0.1, -0.05) is 0 Å². The summed E-state index contributed by atoms with van der Waals surface area (Å²) in [6.07, 6.45) is 3.20. The fourth-order valence-corrected chi connectivity index (χ4v) is 5.30. The second-order valence-electron chi connectivity index (χ2n) is 8.82. The Balaban J connectivity index is 1.56. The molecule has 9 nitrogen and oxygen atoms in total. The van der Waals surface area contributed by atoms with Crippen LogP contribution in [-0.4, -0.2) is 46.7 Å². The second-order valence-corrected chi connectivity index (χ2v) is 10.6. The fraction of sp³-hybridized carbons (Fsp3) is 0.455. The Morgan fingerprint density at radius 2 is 1.91 bits per heavy atom. The number of pyridine rings is 1. The van der Waals surface area contributed by atoms with Gasteiger partial charge in [-0.25, -0.2) is 28.1 Å². The first kappa shape index (κ1) is 24.9. The average Bonchev–Trinajstić information content (AvgIpc) is 3.21. The quantitative estimate of drug-likeness (QED) is 0.461. The van der Waals surface area contributed by atoms with Crippen molar-refractivity contribution in [3.63, 3.8) is 0 Å². The molecule has 13 heteroatoms. The summed E-state index contributed by atoms with van der Waals surface area (Å²) in [6.45, 7) is 1.97. The summed E-state index contributed by atoms with van der Waals surface area (Å²) in [7, 11) is -3.25. The number of nitrogens with one attached hydrogen (secondary N) is 3. The third-order valence-corrected chi connectivity index (χ3v) is 7.00. The Morgan fingerprint density at radius 3 is 2.54 bits per heavy atom. The molecule has 1 atom stereocenters. The van der Waals surface area contributed by atoms with E-state index in [1.807, 2.05) is 13.0 Å². The fourth-order valence-electron chi connectivity index (χ4n) is 4.45. The molecule has 1 saturated carbocycles. The smallest absolute Gasteiger partial charge is 0.351 e. The Hall–Kier alpha value is -3.24. The molecule has 0 aliphatic heterocycles. The number of hydrogen-bond acceptors (Lipinski definition) is 7. The highest BCUT2D eigenvalue weighted by Crippen LogP contribution is 2.35. The number of rotatable bonds is 6. The Kier molecular flexibility index (Phi) is 6.70. The average molecular weight is 508 g/mol. The number of alkyl halides is 3. The van der Waals surface area contributed by atoms with E-state index in [2.05, 4.69) is 30.0 Å². The van der Waals surface area contributed by atoms with Crippen molar-refractivity contribution in [2.45, 2.75) is 50.9 Å². The van der Waals surface area contributed by atoms with Crippen molar-refractivity contribution in [3.05, 3.63) is 35.8 Å². The molecule has 0 radical (unpaired) electrons. The van der Waals surface area contributed by atoms with Crippen LogP contribution in [0, 0.1) is 17.2 Å². The summed E-state index contributed by atoms with van der Waals surface area (Å²) < 4.78 is 65.2. The summed E-state index contributed by atoms with van der Waals surface area (Å²) in [5.74, 6) is 0.499. The lowest BCUT2D eigenvalue weighted by molar-refractivity contribution is -0.137. The highest BCUT2D eigenvalue weighted by Gasteiger charge is 2.32. The van der Waals surface area contributed by atoms with Crippen LogP contribution < -0.4 is 10.0 Å². The van der Waals surface area contributed by atoms with Crippen LogP contribution >= 0.6 is 0 Å². The highest BCUT2D eigenvalue weighted by molar-refractivity contribution is 7.88. The third-order valence-electron chi connectivity index (χ3n) is 6.24. The molecule has 3 N–H and O–H groups in total. The van der Waals surface area contributed by atoms with Gasteiger partial charge in [0.15, 0.2) is 0 Å². The lowest BCUT2D eigenvalue weighted by atomic mass is 9.82. The van der Waals surface area contributed by atoms with E-state index in [1.165, 1.54) is 12.4 Å². The van der Waals surface area contributed by atoms with Gasteiger partial charge in [0.2, 0.25) is 16.0 Å². The van der Waals surface area contributed by atoms with Crippen LogP contribution in [-0.2, 0) is 16.2 Å². The molecule has 1 fully saturated rings. The van der Waals surface area contributed by atoms with Crippen molar-refractivity contribution in [2.24, 2.45) is 5.92 Å². The molecule has 3 aromatic rings. The normalized spacial score (nSPS) is 19.9. The monoisotopic (exact) mass is 507 g/mol. The maximum absolute atomic E-state index is 13.2. The molecular formula is C22H24F3N7O2S. The molecule has 3 heterocycles. The third kappa shape index (κ3) is 5.71. The molecule has 1 unspecified atom stereocenters. The summed E-state index contributed by atoms with van der Waals surface area (Å²) >= 11 is 0. The number of aromatic nitrogens is 4. The van der Waals surface area contributed by atoms with Gasteiger partial charge < -0.3 is 10.3 Å². The van der Waals surface area contributed by atoms with Crippen molar-refractivity contribution in [2.75, 3.05) is 11.6 Å². The van der Waals surface area contributed by atoms with Crippen LogP contribution in [0.5, 0.6) is 0 Å². The zero-order chi connectivity index (χ0) is 25.4. The molecule has 0 amide bonds. The summed E-state index contributed by atoms with van der Waals surface area (Å²) in [5.41, 5.74) is -0.00990. The van der Waals surface area contributed by atoms with Crippen LogP contribution in [0.3, 0.4) is 0 Å². The van der Waals surface area contributed by atoms with E-state index in [0.29, 0.717) is 18.4 Å². The van der Waals surface area contributed by atoms with Gasteiger partial charge >= 0.3 is 6.18 Å². The lowest BCUT2D eigenvalue weighted by Gasteiger charge is -2.32. The molecule has 186 valence electrons. The number of H-pyrrole nitrogens is 1. The predicted octanol–water partition coefficient (Wildman–Crippen LogP) is 3.82. The predicted molar refractivity (Wildman–Crippen MR) is 124 cm³/mol. The largest absolute Gasteiger partial charge is 0.417 e. The Labute approximate surface area is 200 Å². The molecule has 1 aliphatic carbocycles. The summed E-state index contributed by atoms with van der Waals surface area (Å²) in [5, 5.41) is 13.0. The molecular weight excluding hydrogens is 483 g/mol. The first-order valence-electron chi connectivity index (χ1n) is 11.0. The van der Waals surface area contributed by atoms with Crippen LogP contribution in [0.1, 0.15) is 43.7 Å². The van der Waals surface area contributed by atoms with Gasteiger partial charge in [-0.3, -0.25) is 0 Å². The molecule has 1 aliphatic rings. The standard InChI is InChI=1S/C22H24F3N7O2S/c1-12(13-3-5-16(6-4-13)32-35(2,33)34)30-21-29-9-14(8-26)19(31-21)18-11-28-20-17(18)7-15(10-27-20)22(23,24)25/h7,9-13,16,32H,3-6H2,1-2H3,(H,27,28)(H,29,30,31). The topological polar surface area (TPSA) is 136 Å². The zero-order valence-corrected chi connectivity index (χ0v) is 19.8. The second kappa shape index (κ2) is 9.43. The molecule has 0 saturated heterocycles. The van der Waals surface area contributed by atoms with Gasteiger partial charge in [-0.05, 0) is 44.6 Å². The van der Waals surface area contributed by atoms with Crippen LogP contribution in [0.25, 0.3) is 22.3 Å². The summed E-state index contributed by atoms with van der Waals surface area (Å²) in [6, 6.07) is 2.85. The maximum Gasteiger partial charge on any atom is 0.417 e. The minimum absolute atomic E-state index is 0.0450. The van der Waals surface area contributed by atoms with Crippen molar-refractivity contribution in [1.29, 1.82) is 5.26 Å². The van der Waals surface area contributed by atoms with Gasteiger partial charge in [0.05, 0.1) is 29.3 Å². The summed E-state index contributed by atoms with van der Waals surface area (Å²) in [4.78, 5) is 15.4. The van der Waals surface area contributed by atoms with E-state index in [-0.39, 0.29) is 46.2 Å². The van der Waals surface area contributed by atoms with E-state index < -0.39 is 21.8 Å². The van der Waals surface area contributed by atoms with Gasteiger partial charge in [0, 0.05) is 35.4 Å². The minimum atomic E-state index is -4.56. The number of aromatic amines is 1. The van der Waals surface area contributed by atoms with Crippen molar-refractivity contribution >= 4 is 27.0 Å². The van der Waals surface area contributed by atoms with Crippen molar-refractivity contribution < 1.29 is 21.6 Å². The van der Waals surface area contributed by atoms with E-state index in [4.69, 9.17) is 0 Å². The van der Waals surface area contributed by atoms with Crippen LogP contribution in [0.2, 0.25) is 0 Å². The molecule has 0 bridgehead atoms. The molecule has 0 aromatic carbocycles. The maximum atomic E-state index is 13.2.